The van der Waals surface area contributed by atoms with Crippen molar-refractivity contribution >= 4 is 23.8 Å². The van der Waals surface area contributed by atoms with Crippen LogP contribution in [0.3, 0.4) is 0 Å². The number of carbonyl (C=O) groups is 3. The molecule has 2 amide bonds. The molecule has 8 heteroatoms. The van der Waals surface area contributed by atoms with Gasteiger partial charge in [-0.2, -0.15) is 0 Å². The summed E-state index contributed by atoms with van der Waals surface area (Å²) in [6.45, 7) is 3.13. The fraction of sp³-hybridized carbons (Fsp3) is 0.455. The maximum Gasteiger partial charge on any atom is 0.405 e. The van der Waals surface area contributed by atoms with E-state index in [4.69, 9.17) is 9.52 Å². The molecule has 0 aliphatic carbocycles. The third kappa shape index (κ3) is 4.41. The van der Waals surface area contributed by atoms with Crippen LogP contribution in [0.5, 0.6) is 0 Å². The fourth-order valence-corrected chi connectivity index (χ4v) is 1.39. The van der Waals surface area contributed by atoms with Gasteiger partial charge in [0, 0.05) is 6.92 Å². The molecule has 8 nitrogen and oxygen atoms in total. The van der Waals surface area contributed by atoms with Gasteiger partial charge in [-0.3, -0.25) is 14.9 Å². The largest absolute Gasteiger partial charge is 0.465 e. The van der Waals surface area contributed by atoms with Crippen molar-refractivity contribution in [1.29, 1.82) is 0 Å². The first-order valence-corrected chi connectivity index (χ1v) is 5.71. The van der Waals surface area contributed by atoms with Gasteiger partial charge in [-0.1, -0.05) is 13.3 Å². The van der Waals surface area contributed by atoms with Crippen molar-refractivity contribution in [2.24, 2.45) is 0 Å². The lowest BCUT2D eigenvalue weighted by Gasteiger charge is -2.14. The molecule has 0 aromatic carbocycles. The summed E-state index contributed by atoms with van der Waals surface area (Å²) in [5.74, 6) is -0.878. The van der Waals surface area contributed by atoms with Gasteiger partial charge >= 0.3 is 12.1 Å². The van der Waals surface area contributed by atoms with Crippen molar-refractivity contribution in [3.63, 3.8) is 0 Å². The molecule has 0 unspecified atom stereocenters. The maximum atomic E-state index is 11.8. The zero-order valence-corrected chi connectivity index (χ0v) is 10.6. The van der Waals surface area contributed by atoms with Crippen LogP contribution in [0, 0.1) is 0 Å². The van der Waals surface area contributed by atoms with Gasteiger partial charge < -0.3 is 14.8 Å². The summed E-state index contributed by atoms with van der Waals surface area (Å²) in [7, 11) is 0. The number of carbonyl (C=O) groups excluding carboxylic acids is 2. The number of Topliss-reactive ketones (excluding diaryl/α,β-unsaturated/α-hetero) is 1. The second kappa shape index (κ2) is 6.53. The van der Waals surface area contributed by atoms with Gasteiger partial charge in [0.25, 0.3) is 5.91 Å². The number of carboxylic acid groups (broad SMARTS) is 1. The van der Waals surface area contributed by atoms with Crippen LogP contribution in [0.25, 0.3) is 0 Å². The summed E-state index contributed by atoms with van der Waals surface area (Å²) in [6.07, 6.45) is 0.878. The number of nitrogens with one attached hydrogen (secondary N) is 2. The minimum absolute atomic E-state index is 0.0218. The van der Waals surface area contributed by atoms with Crippen molar-refractivity contribution in [1.82, 2.24) is 10.3 Å². The molecule has 0 aliphatic rings. The Morgan fingerprint density at radius 2 is 2.16 bits per heavy atom. The van der Waals surface area contributed by atoms with Crippen molar-refractivity contribution in [2.75, 3.05) is 5.32 Å². The Bertz CT molecular complexity index is 482. The second-order valence-corrected chi connectivity index (χ2v) is 3.87. The van der Waals surface area contributed by atoms with Gasteiger partial charge in [-0.05, 0) is 6.42 Å². The lowest BCUT2D eigenvalue weighted by Crippen LogP contribution is -2.43. The van der Waals surface area contributed by atoms with E-state index in [2.05, 4.69) is 15.6 Å². The fourth-order valence-electron chi connectivity index (χ4n) is 1.39. The van der Waals surface area contributed by atoms with E-state index in [1.165, 1.54) is 13.1 Å². The predicted octanol–water partition coefficient (Wildman–Crippen LogP) is 1.25. The third-order valence-electron chi connectivity index (χ3n) is 2.27. The Morgan fingerprint density at radius 3 is 2.63 bits per heavy atom. The number of aromatic nitrogens is 1. The Kier molecular flexibility index (Phi) is 5.04. The van der Waals surface area contributed by atoms with Gasteiger partial charge in [0.2, 0.25) is 0 Å². The van der Waals surface area contributed by atoms with Crippen LogP contribution >= 0.6 is 0 Å². The van der Waals surface area contributed by atoms with Crippen LogP contribution < -0.4 is 10.6 Å². The monoisotopic (exact) mass is 269 g/mol. The van der Waals surface area contributed by atoms with E-state index >= 15 is 0 Å². The molecule has 1 atom stereocenters. The molecule has 0 saturated carbocycles. The summed E-state index contributed by atoms with van der Waals surface area (Å²) < 4.78 is 4.98. The molecular weight excluding hydrogens is 254 g/mol. The number of oxazole rings is 1. The number of amides is 2. The number of ketones is 1. The molecule has 0 spiro atoms. The number of nitrogens with zero attached hydrogens (tertiary/aromatic N) is 1. The highest BCUT2D eigenvalue weighted by Crippen LogP contribution is 2.10. The average Bonchev–Trinajstić information content (AvgIpc) is 2.76. The summed E-state index contributed by atoms with van der Waals surface area (Å²) in [6, 6.07) is -1.03. The lowest BCUT2D eigenvalue weighted by molar-refractivity contribution is -0.118. The Balaban J connectivity index is 2.69. The molecule has 1 aromatic heterocycles. The van der Waals surface area contributed by atoms with E-state index in [1.54, 1.807) is 0 Å². The lowest BCUT2D eigenvalue weighted by atomic mass is 10.1. The molecule has 1 aromatic rings. The van der Waals surface area contributed by atoms with Crippen molar-refractivity contribution < 1.29 is 23.9 Å². The summed E-state index contributed by atoms with van der Waals surface area (Å²) in [4.78, 5) is 37.0. The molecule has 0 saturated heterocycles. The number of hydrogen-bond donors (Lipinski definition) is 3. The highest BCUT2D eigenvalue weighted by Gasteiger charge is 2.21. The molecule has 0 radical (unpaired) electrons. The molecule has 0 fully saturated rings. The van der Waals surface area contributed by atoms with E-state index < -0.39 is 18.0 Å². The van der Waals surface area contributed by atoms with E-state index in [0.29, 0.717) is 12.8 Å². The van der Waals surface area contributed by atoms with Gasteiger partial charge in [0.1, 0.15) is 6.04 Å². The molecule has 0 bridgehead atoms. The van der Waals surface area contributed by atoms with E-state index in [0.717, 1.165) is 0 Å². The summed E-state index contributed by atoms with van der Waals surface area (Å²) in [5.41, 5.74) is 0. The van der Waals surface area contributed by atoms with Crippen LogP contribution in [0.4, 0.5) is 10.8 Å². The minimum atomic E-state index is -1.29. The van der Waals surface area contributed by atoms with Crippen LogP contribution in [-0.2, 0) is 4.79 Å². The van der Waals surface area contributed by atoms with Crippen LogP contribution in [0.2, 0.25) is 0 Å². The number of hydrogen-bond acceptors (Lipinski definition) is 5. The first kappa shape index (κ1) is 14.7. The van der Waals surface area contributed by atoms with Gasteiger partial charge in [-0.25, -0.2) is 9.78 Å². The van der Waals surface area contributed by atoms with Crippen molar-refractivity contribution in [3.05, 3.63) is 12.0 Å². The zero-order chi connectivity index (χ0) is 14.4. The highest BCUT2D eigenvalue weighted by atomic mass is 16.4. The summed E-state index contributed by atoms with van der Waals surface area (Å²) >= 11 is 0. The summed E-state index contributed by atoms with van der Waals surface area (Å²) in [5, 5.41) is 13.0. The molecule has 0 aliphatic heterocycles. The average molecular weight is 269 g/mol. The predicted molar refractivity (Wildman–Crippen MR) is 65.0 cm³/mol. The Morgan fingerprint density at radius 1 is 1.47 bits per heavy atom. The van der Waals surface area contributed by atoms with E-state index in [9.17, 15) is 14.4 Å². The SMILES string of the molecule is CCC[C@H](NC(=O)O)C(=O)Nc1ncc(C(C)=O)o1. The number of rotatable bonds is 6. The molecule has 104 valence electrons. The normalized spacial score (nSPS) is 11.7. The van der Waals surface area contributed by atoms with Gasteiger partial charge in [-0.15, -0.1) is 0 Å². The first-order valence-electron chi connectivity index (χ1n) is 5.71. The van der Waals surface area contributed by atoms with Crippen LogP contribution in [0.1, 0.15) is 37.2 Å². The minimum Gasteiger partial charge on any atom is -0.465 e. The van der Waals surface area contributed by atoms with Crippen molar-refractivity contribution in [2.45, 2.75) is 32.7 Å². The van der Waals surface area contributed by atoms with Crippen LogP contribution in [-0.4, -0.2) is 33.9 Å². The van der Waals surface area contributed by atoms with Gasteiger partial charge in [0.15, 0.2) is 11.5 Å². The number of anilines is 1. The smallest absolute Gasteiger partial charge is 0.405 e. The molecule has 19 heavy (non-hydrogen) atoms. The Hall–Kier alpha value is -2.38. The molecular formula is C11H15N3O5. The van der Waals surface area contributed by atoms with E-state index in [1.807, 2.05) is 6.92 Å². The third-order valence-corrected chi connectivity index (χ3v) is 2.27. The molecule has 1 rings (SSSR count). The first-order chi connectivity index (χ1) is 8.93. The van der Waals surface area contributed by atoms with E-state index in [-0.39, 0.29) is 17.6 Å². The molecule has 1 heterocycles. The highest BCUT2D eigenvalue weighted by molar-refractivity contribution is 5.95. The zero-order valence-electron chi connectivity index (χ0n) is 10.6. The second-order valence-electron chi connectivity index (χ2n) is 3.87. The quantitative estimate of drug-likeness (QED) is 0.668. The Labute approximate surface area is 109 Å². The van der Waals surface area contributed by atoms with Crippen LogP contribution in [0.15, 0.2) is 10.6 Å². The maximum absolute atomic E-state index is 11.8. The van der Waals surface area contributed by atoms with Gasteiger partial charge in [0.05, 0.1) is 6.20 Å². The van der Waals surface area contributed by atoms with Crippen molar-refractivity contribution in [3.8, 4) is 0 Å². The molecule has 3 N–H and O–H groups in total. The topological polar surface area (TPSA) is 122 Å². The standard InChI is InChI=1S/C11H15N3O5/c1-3-4-7(13-11(17)18)9(16)14-10-12-5-8(19-10)6(2)15/h5,7,13H,3-4H2,1-2H3,(H,17,18)(H,12,14,16)/t7-/m0/s1.